The molecule has 1 aromatic carbocycles. The van der Waals surface area contributed by atoms with Crippen molar-refractivity contribution < 1.29 is 9.53 Å². The lowest BCUT2D eigenvalue weighted by Crippen LogP contribution is -2.46. The molecule has 1 aromatic heterocycles. The van der Waals surface area contributed by atoms with E-state index in [0.29, 0.717) is 18.2 Å². The van der Waals surface area contributed by atoms with Gasteiger partial charge in [-0.2, -0.15) is 0 Å². The van der Waals surface area contributed by atoms with Crippen molar-refractivity contribution in [2.45, 2.75) is 76.6 Å². The lowest BCUT2D eigenvalue weighted by atomic mass is 9.99. The number of carbonyl (C=O) groups excluding carboxylic acids is 1. The molecule has 1 aliphatic carbocycles. The van der Waals surface area contributed by atoms with Crippen LogP contribution in [0.2, 0.25) is 5.02 Å². The Morgan fingerprint density at radius 3 is 2.59 bits per heavy atom. The highest BCUT2D eigenvalue weighted by Crippen LogP contribution is 2.38. The molecule has 5 rings (SSSR count). The van der Waals surface area contributed by atoms with Gasteiger partial charge in [-0.1, -0.05) is 23.7 Å². The van der Waals surface area contributed by atoms with E-state index >= 15 is 0 Å². The fraction of sp³-hybridized carbons (Fsp3) is 0.625. The van der Waals surface area contributed by atoms with Crippen molar-refractivity contribution in [2.24, 2.45) is 5.92 Å². The predicted molar refractivity (Wildman–Crippen MR) is 117 cm³/mol. The number of Topliss-reactive ketones (excluding diaryl/α,β-unsaturated/α-hetero) is 1. The SMILES string of the molecule is CC(=O)c1cn(CCCN2C3CC[C@H]2CC(OCC2CC2)C3)c2c(Cl)cccc12. The summed E-state index contributed by atoms with van der Waals surface area (Å²) in [6, 6.07) is 7.22. The summed E-state index contributed by atoms with van der Waals surface area (Å²) in [5.41, 5.74) is 1.77. The van der Waals surface area contributed by atoms with Gasteiger partial charge in [0.25, 0.3) is 0 Å². The second-order valence-corrected chi connectivity index (χ2v) is 9.68. The van der Waals surface area contributed by atoms with Crippen molar-refractivity contribution in [3.05, 3.63) is 35.0 Å². The Morgan fingerprint density at radius 1 is 1.14 bits per heavy atom. The van der Waals surface area contributed by atoms with Crippen molar-refractivity contribution in [1.82, 2.24) is 9.47 Å². The van der Waals surface area contributed by atoms with E-state index < -0.39 is 0 Å². The zero-order valence-electron chi connectivity index (χ0n) is 17.3. The molecule has 0 radical (unpaired) electrons. The van der Waals surface area contributed by atoms with Gasteiger partial charge in [-0.15, -0.1) is 0 Å². The van der Waals surface area contributed by atoms with Crippen LogP contribution in [0, 0.1) is 5.92 Å². The van der Waals surface area contributed by atoms with E-state index in [9.17, 15) is 4.79 Å². The standard InChI is InChI=1S/C24H31ClN2O2/c1-16(28)22-14-26(24-21(22)4-2-5-23(24)25)10-3-11-27-18-8-9-19(27)13-20(12-18)29-15-17-6-7-17/h2,4-5,14,17-20H,3,6-13,15H2,1H3/t18-,19?,20?/m0/s1. The maximum absolute atomic E-state index is 12.1. The Labute approximate surface area is 178 Å². The zero-order valence-corrected chi connectivity index (χ0v) is 18.0. The lowest BCUT2D eigenvalue weighted by molar-refractivity contribution is -0.0241. The van der Waals surface area contributed by atoms with Crippen molar-refractivity contribution in [3.8, 4) is 0 Å². The van der Waals surface area contributed by atoms with E-state index in [0.717, 1.165) is 53.5 Å². The van der Waals surface area contributed by atoms with Gasteiger partial charge in [0.15, 0.2) is 5.78 Å². The molecule has 2 saturated heterocycles. The molecule has 0 spiro atoms. The summed E-state index contributed by atoms with van der Waals surface area (Å²) in [4.78, 5) is 14.8. The van der Waals surface area contributed by atoms with Gasteiger partial charge < -0.3 is 9.30 Å². The third kappa shape index (κ3) is 3.99. The highest BCUT2D eigenvalue weighted by atomic mass is 35.5. The van der Waals surface area contributed by atoms with Crippen LogP contribution in [0.15, 0.2) is 24.4 Å². The van der Waals surface area contributed by atoms with E-state index in [1.165, 1.54) is 38.5 Å². The number of piperidine rings is 1. The van der Waals surface area contributed by atoms with Crippen molar-refractivity contribution in [1.29, 1.82) is 0 Å². The average Bonchev–Trinajstić information content (AvgIpc) is 3.40. The molecule has 156 valence electrons. The van der Waals surface area contributed by atoms with Gasteiger partial charge in [0.05, 0.1) is 16.6 Å². The second kappa shape index (κ2) is 8.05. The predicted octanol–water partition coefficient (Wildman–Crippen LogP) is 5.31. The quantitative estimate of drug-likeness (QED) is 0.549. The number of carbonyl (C=O) groups is 1. The third-order valence-electron chi connectivity index (χ3n) is 7.15. The lowest BCUT2D eigenvalue weighted by Gasteiger charge is -2.39. The highest BCUT2D eigenvalue weighted by molar-refractivity contribution is 6.35. The van der Waals surface area contributed by atoms with Crippen LogP contribution in [0.3, 0.4) is 0 Å². The number of ether oxygens (including phenoxy) is 1. The zero-order chi connectivity index (χ0) is 20.0. The molecule has 0 N–H and O–H groups in total. The van der Waals surface area contributed by atoms with E-state index in [1.807, 2.05) is 24.4 Å². The first-order valence-corrected chi connectivity index (χ1v) is 11.6. The monoisotopic (exact) mass is 414 g/mol. The molecular formula is C24H31ClN2O2. The van der Waals surface area contributed by atoms with Gasteiger partial charge in [0.2, 0.25) is 0 Å². The number of halogens is 1. The smallest absolute Gasteiger partial charge is 0.161 e. The number of benzene rings is 1. The molecule has 5 heteroatoms. The average molecular weight is 415 g/mol. The topological polar surface area (TPSA) is 34.5 Å². The minimum atomic E-state index is 0.0994. The molecule has 29 heavy (non-hydrogen) atoms. The largest absolute Gasteiger partial charge is 0.378 e. The Bertz CT molecular complexity index is 890. The minimum absolute atomic E-state index is 0.0994. The maximum Gasteiger partial charge on any atom is 0.161 e. The van der Waals surface area contributed by atoms with Crippen LogP contribution < -0.4 is 0 Å². The van der Waals surface area contributed by atoms with Crippen LogP contribution in [0.1, 0.15) is 62.2 Å². The first kappa shape index (κ1) is 19.6. The summed E-state index contributed by atoms with van der Waals surface area (Å²) in [6.45, 7) is 4.63. The molecule has 2 aromatic rings. The number of aromatic nitrogens is 1. The molecule has 2 aliphatic heterocycles. The molecular weight excluding hydrogens is 384 g/mol. The number of rotatable bonds is 8. The molecule has 2 bridgehead atoms. The molecule has 2 unspecified atom stereocenters. The van der Waals surface area contributed by atoms with Gasteiger partial charge in [-0.05, 0) is 63.9 Å². The van der Waals surface area contributed by atoms with Crippen molar-refractivity contribution in [2.75, 3.05) is 13.2 Å². The Kier molecular flexibility index (Phi) is 5.44. The molecule has 0 amide bonds. The number of ketones is 1. The maximum atomic E-state index is 12.1. The Hall–Kier alpha value is -1.36. The summed E-state index contributed by atoms with van der Waals surface area (Å²) in [5.74, 6) is 0.955. The molecule has 3 aliphatic rings. The first-order chi connectivity index (χ1) is 14.1. The van der Waals surface area contributed by atoms with Gasteiger partial charge in [0, 0.05) is 48.9 Å². The van der Waals surface area contributed by atoms with Crippen LogP contribution in [0.4, 0.5) is 0 Å². The third-order valence-corrected chi connectivity index (χ3v) is 7.45. The molecule has 3 heterocycles. The number of hydrogen-bond acceptors (Lipinski definition) is 3. The normalized spacial score (nSPS) is 27.0. The van der Waals surface area contributed by atoms with E-state index in [2.05, 4.69) is 9.47 Å². The Balaban J connectivity index is 1.21. The van der Waals surface area contributed by atoms with Gasteiger partial charge >= 0.3 is 0 Å². The van der Waals surface area contributed by atoms with Crippen LogP contribution in [0.5, 0.6) is 0 Å². The number of hydrogen-bond donors (Lipinski definition) is 0. The second-order valence-electron chi connectivity index (χ2n) is 9.27. The molecule has 1 saturated carbocycles. The Morgan fingerprint density at radius 2 is 1.90 bits per heavy atom. The fourth-order valence-electron chi connectivity index (χ4n) is 5.48. The molecule has 3 fully saturated rings. The summed E-state index contributed by atoms with van der Waals surface area (Å²) < 4.78 is 8.40. The van der Waals surface area contributed by atoms with Crippen LogP contribution >= 0.6 is 11.6 Å². The number of para-hydroxylation sites is 1. The van der Waals surface area contributed by atoms with Gasteiger partial charge in [0.1, 0.15) is 0 Å². The number of nitrogens with zero attached hydrogens (tertiary/aromatic N) is 2. The van der Waals surface area contributed by atoms with Crippen LogP contribution in [0.25, 0.3) is 10.9 Å². The van der Waals surface area contributed by atoms with E-state index in [1.54, 1.807) is 6.92 Å². The molecule has 3 atom stereocenters. The highest BCUT2D eigenvalue weighted by Gasteiger charge is 2.41. The van der Waals surface area contributed by atoms with Gasteiger partial charge in [-0.3, -0.25) is 9.69 Å². The summed E-state index contributed by atoms with van der Waals surface area (Å²) in [7, 11) is 0. The van der Waals surface area contributed by atoms with E-state index in [-0.39, 0.29) is 5.78 Å². The minimum Gasteiger partial charge on any atom is -0.378 e. The van der Waals surface area contributed by atoms with Crippen molar-refractivity contribution in [3.63, 3.8) is 0 Å². The van der Waals surface area contributed by atoms with Crippen LogP contribution in [-0.4, -0.2) is 46.6 Å². The van der Waals surface area contributed by atoms with E-state index in [4.69, 9.17) is 16.3 Å². The summed E-state index contributed by atoms with van der Waals surface area (Å²) >= 11 is 6.48. The van der Waals surface area contributed by atoms with Crippen molar-refractivity contribution >= 4 is 28.3 Å². The number of fused-ring (bicyclic) bond motifs is 3. The fourth-order valence-corrected chi connectivity index (χ4v) is 5.76. The first-order valence-electron chi connectivity index (χ1n) is 11.3. The van der Waals surface area contributed by atoms with Crippen LogP contribution in [-0.2, 0) is 11.3 Å². The number of aryl methyl sites for hydroxylation is 1. The van der Waals surface area contributed by atoms with Gasteiger partial charge in [-0.25, -0.2) is 0 Å². The molecule has 4 nitrogen and oxygen atoms in total. The summed E-state index contributed by atoms with van der Waals surface area (Å²) in [5, 5.41) is 1.70. The summed E-state index contributed by atoms with van der Waals surface area (Å²) in [6.07, 6.45) is 11.3.